The van der Waals surface area contributed by atoms with Gasteiger partial charge in [-0.25, -0.2) is 0 Å². The second kappa shape index (κ2) is 3.72. The molecule has 62 valence electrons. The minimum absolute atomic E-state index is 0.154. The number of hydrogen-bond acceptors (Lipinski definition) is 4. The van der Waals surface area contributed by atoms with Crippen LogP contribution < -0.4 is 0 Å². The van der Waals surface area contributed by atoms with Crippen LogP contribution in [0.25, 0.3) is 0 Å². The van der Waals surface area contributed by atoms with Gasteiger partial charge in [-0.3, -0.25) is 14.8 Å². The van der Waals surface area contributed by atoms with Crippen molar-refractivity contribution < 1.29 is 19.5 Å². The summed E-state index contributed by atoms with van der Waals surface area (Å²) < 4.78 is 4.30. The fourth-order valence-electron chi connectivity index (χ4n) is 0.385. The molecule has 0 aromatic rings. The van der Waals surface area contributed by atoms with E-state index in [1.54, 1.807) is 0 Å². The van der Waals surface area contributed by atoms with E-state index in [2.05, 4.69) is 11.3 Å². The summed E-state index contributed by atoms with van der Waals surface area (Å²) >= 11 is 0. The average molecular weight is 159 g/mol. The zero-order chi connectivity index (χ0) is 9.02. The van der Waals surface area contributed by atoms with Crippen molar-refractivity contribution in [2.45, 2.75) is 13.8 Å². The summed E-state index contributed by atoms with van der Waals surface area (Å²) in [7, 11) is 0. The third-order valence-corrected chi connectivity index (χ3v) is 0.796. The summed E-state index contributed by atoms with van der Waals surface area (Å²) in [6.07, 6.45) is 0. The first kappa shape index (κ1) is 9.64. The number of rotatable bonds is 2. The molecule has 0 saturated carbocycles. The number of hydroxylamine groups is 2. The Hall–Kier alpha value is -1.36. The second-order valence-electron chi connectivity index (χ2n) is 1.82. The number of nitrogens with zero attached hydrogens (tertiary/aromatic N) is 1. The molecule has 0 aliphatic carbocycles. The number of ether oxygens (including phenoxy) is 1. The van der Waals surface area contributed by atoms with Crippen LogP contribution in [0.2, 0.25) is 0 Å². The number of carbonyl (C=O) groups is 2. The lowest BCUT2D eigenvalue weighted by Gasteiger charge is -2.12. The Morgan fingerprint density at radius 1 is 1.45 bits per heavy atom. The molecule has 0 aromatic heterocycles. The minimum Gasteiger partial charge on any atom is -0.408 e. The Balaban J connectivity index is 4.04. The van der Waals surface area contributed by atoms with Gasteiger partial charge in [-0.1, -0.05) is 0 Å². The first-order valence-corrected chi connectivity index (χ1v) is 2.82. The van der Waals surface area contributed by atoms with E-state index in [-0.39, 0.29) is 5.06 Å². The predicted molar refractivity (Wildman–Crippen MR) is 35.2 cm³/mol. The molecule has 1 amide bonds. The van der Waals surface area contributed by atoms with Crippen molar-refractivity contribution in [2.75, 3.05) is 0 Å². The van der Waals surface area contributed by atoms with E-state index in [0.29, 0.717) is 0 Å². The second-order valence-corrected chi connectivity index (χ2v) is 1.82. The van der Waals surface area contributed by atoms with Gasteiger partial charge in [0, 0.05) is 13.8 Å². The quantitative estimate of drug-likeness (QED) is 0.271. The Morgan fingerprint density at radius 2 is 1.91 bits per heavy atom. The van der Waals surface area contributed by atoms with Gasteiger partial charge in [0.05, 0.1) is 0 Å². The maximum absolute atomic E-state index is 10.4. The maximum atomic E-state index is 10.4. The summed E-state index contributed by atoms with van der Waals surface area (Å²) in [6, 6.07) is 0. The Kier molecular flexibility index (Phi) is 3.26. The number of carbonyl (C=O) groups excluding carboxylic acids is 2. The van der Waals surface area contributed by atoms with Crippen LogP contribution >= 0.6 is 0 Å². The fraction of sp³-hybridized carbons (Fsp3) is 0.333. The lowest BCUT2D eigenvalue weighted by atomic mass is 10.6. The van der Waals surface area contributed by atoms with E-state index in [9.17, 15) is 9.59 Å². The van der Waals surface area contributed by atoms with Crippen molar-refractivity contribution in [3.05, 3.63) is 12.5 Å². The van der Waals surface area contributed by atoms with E-state index in [1.807, 2.05) is 0 Å². The summed E-state index contributed by atoms with van der Waals surface area (Å²) in [5, 5.41) is 8.91. The predicted octanol–water partition coefficient (Wildman–Crippen LogP) is 0.258. The Labute approximate surface area is 63.8 Å². The molecular weight excluding hydrogens is 150 g/mol. The largest absolute Gasteiger partial charge is 0.408 e. The topological polar surface area (TPSA) is 66.8 Å². The fourth-order valence-corrected chi connectivity index (χ4v) is 0.385. The lowest BCUT2D eigenvalue weighted by Crippen LogP contribution is -2.25. The highest BCUT2D eigenvalue weighted by atomic mass is 16.6. The first-order valence-electron chi connectivity index (χ1n) is 2.82. The van der Waals surface area contributed by atoms with Crippen LogP contribution in [-0.2, 0) is 14.3 Å². The molecule has 0 aliphatic heterocycles. The van der Waals surface area contributed by atoms with Gasteiger partial charge in [-0.15, -0.1) is 0 Å². The average Bonchev–Trinajstić information content (AvgIpc) is 1.84. The van der Waals surface area contributed by atoms with Gasteiger partial charge < -0.3 is 4.74 Å². The summed E-state index contributed by atoms with van der Waals surface area (Å²) in [5.41, 5.74) is 0. The molecule has 1 N–H and O–H groups in total. The molecule has 0 bridgehead atoms. The van der Waals surface area contributed by atoms with Crippen LogP contribution in [0, 0.1) is 0 Å². The molecule has 5 heteroatoms. The molecule has 0 fully saturated rings. The zero-order valence-corrected chi connectivity index (χ0v) is 6.33. The van der Waals surface area contributed by atoms with E-state index >= 15 is 0 Å². The molecule has 0 saturated heterocycles. The molecule has 0 atom stereocenters. The van der Waals surface area contributed by atoms with E-state index in [4.69, 9.17) is 5.21 Å². The van der Waals surface area contributed by atoms with Gasteiger partial charge in [-0.05, 0) is 6.58 Å². The monoisotopic (exact) mass is 159 g/mol. The Morgan fingerprint density at radius 3 is 2.18 bits per heavy atom. The Bertz CT molecular complexity index is 199. The number of esters is 1. The smallest absolute Gasteiger partial charge is 0.309 e. The molecule has 11 heavy (non-hydrogen) atoms. The van der Waals surface area contributed by atoms with Crippen LogP contribution in [0.4, 0.5) is 0 Å². The zero-order valence-electron chi connectivity index (χ0n) is 6.33. The third kappa shape index (κ3) is 3.36. The summed E-state index contributed by atoms with van der Waals surface area (Å²) in [6.45, 7) is 5.37. The third-order valence-electron chi connectivity index (χ3n) is 0.796. The highest BCUT2D eigenvalue weighted by Gasteiger charge is 2.11. The van der Waals surface area contributed by atoms with E-state index in [0.717, 1.165) is 13.8 Å². The molecule has 0 aliphatic rings. The molecule has 0 unspecified atom stereocenters. The standard InChI is InChI=1S/C6H9NO4/c1-4(8)7(10)5(2)11-6(3)9/h10H,2H2,1,3H3. The maximum Gasteiger partial charge on any atom is 0.309 e. The van der Waals surface area contributed by atoms with Crippen LogP contribution in [0.1, 0.15) is 13.8 Å². The normalized spacial score (nSPS) is 8.64. The van der Waals surface area contributed by atoms with Gasteiger partial charge in [0.1, 0.15) is 0 Å². The van der Waals surface area contributed by atoms with Crippen molar-refractivity contribution in [1.29, 1.82) is 0 Å². The van der Waals surface area contributed by atoms with Crippen molar-refractivity contribution in [3.63, 3.8) is 0 Å². The van der Waals surface area contributed by atoms with Gasteiger partial charge in [-0.2, -0.15) is 5.06 Å². The van der Waals surface area contributed by atoms with Crippen molar-refractivity contribution in [2.24, 2.45) is 0 Å². The van der Waals surface area contributed by atoms with Crippen molar-refractivity contribution in [1.82, 2.24) is 5.06 Å². The molecule has 0 spiro atoms. The molecule has 0 radical (unpaired) electrons. The molecular formula is C6H9NO4. The van der Waals surface area contributed by atoms with Gasteiger partial charge in [0.25, 0.3) is 0 Å². The molecule has 0 rings (SSSR count). The summed E-state index contributed by atoms with van der Waals surface area (Å²) in [5.74, 6) is -1.71. The highest BCUT2D eigenvalue weighted by molar-refractivity contribution is 5.74. The van der Waals surface area contributed by atoms with Gasteiger partial charge in [0.2, 0.25) is 11.8 Å². The SMILES string of the molecule is C=C(OC(C)=O)N(O)C(C)=O. The van der Waals surface area contributed by atoms with Gasteiger partial charge >= 0.3 is 5.97 Å². The van der Waals surface area contributed by atoms with Crippen LogP contribution in [0.3, 0.4) is 0 Å². The van der Waals surface area contributed by atoms with Crippen LogP contribution in [0.15, 0.2) is 12.5 Å². The molecule has 5 nitrogen and oxygen atoms in total. The van der Waals surface area contributed by atoms with E-state index < -0.39 is 17.8 Å². The molecule has 0 heterocycles. The lowest BCUT2D eigenvalue weighted by molar-refractivity contribution is -0.169. The number of hydrogen-bond donors (Lipinski definition) is 1. The van der Waals surface area contributed by atoms with Crippen molar-refractivity contribution >= 4 is 11.9 Å². The van der Waals surface area contributed by atoms with Crippen molar-refractivity contribution in [3.8, 4) is 0 Å². The molecule has 0 aromatic carbocycles. The number of amides is 1. The summed E-state index contributed by atoms with van der Waals surface area (Å²) in [4.78, 5) is 20.6. The minimum atomic E-state index is -0.670. The highest BCUT2D eigenvalue weighted by Crippen LogP contribution is 1.99. The first-order chi connectivity index (χ1) is 4.95. The van der Waals surface area contributed by atoms with Gasteiger partial charge in [0.15, 0.2) is 0 Å². The van der Waals surface area contributed by atoms with Crippen LogP contribution in [0.5, 0.6) is 0 Å². The van der Waals surface area contributed by atoms with Crippen LogP contribution in [-0.4, -0.2) is 22.1 Å². The van der Waals surface area contributed by atoms with E-state index in [1.165, 1.54) is 0 Å².